The monoisotopic (exact) mass is 301 g/mol. The number of rotatable bonds is 1. The van der Waals surface area contributed by atoms with Crippen LogP contribution in [-0.4, -0.2) is 27.5 Å². The summed E-state index contributed by atoms with van der Waals surface area (Å²) in [5, 5.41) is 7.09. The highest BCUT2D eigenvalue weighted by atomic mass is 32.1. The number of carbonyl (C=O) groups is 1. The molecule has 2 aromatic heterocycles. The summed E-state index contributed by atoms with van der Waals surface area (Å²) < 4.78 is 0. The Bertz CT molecular complexity index is 688. The molecule has 0 saturated carbocycles. The molecule has 2 aliphatic rings. The molecule has 4 nitrogen and oxygen atoms in total. The lowest BCUT2D eigenvalue weighted by Crippen LogP contribution is -2.35. The van der Waals surface area contributed by atoms with Gasteiger partial charge in [-0.1, -0.05) is 6.92 Å². The highest BCUT2D eigenvalue weighted by Crippen LogP contribution is 2.33. The second-order valence-electron chi connectivity index (χ2n) is 6.26. The first-order valence-corrected chi connectivity index (χ1v) is 8.44. The van der Waals surface area contributed by atoms with E-state index in [0.29, 0.717) is 6.54 Å². The maximum atomic E-state index is 12.7. The second kappa shape index (κ2) is 4.98. The maximum Gasteiger partial charge on any atom is 0.264 e. The van der Waals surface area contributed by atoms with Crippen LogP contribution in [0.3, 0.4) is 0 Å². The van der Waals surface area contributed by atoms with Crippen molar-refractivity contribution in [2.75, 3.05) is 6.54 Å². The van der Waals surface area contributed by atoms with E-state index in [1.165, 1.54) is 22.6 Å². The highest BCUT2D eigenvalue weighted by molar-refractivity contribution is 7.14. The Morgan fingerprint density at radius 1 is 1.43 bits per heavy atom. The molecule has 1 amide bonds. The van der Waals surface area contributed by atoms with Crippen LogP contribution >= 0.6 is 11.3 Å². The fraction of sp³-hybridized carbons (Fsp3) is 0.500. The number of carbonyl (C=O) groups excluding carboxylic acids is 1. The first-order valence-electron chi connectivity index (χ1n) is 7.62. The first-order chi connectivity index (χ1) is 10.2. The van der Waals surface area contributed by atoms with Crippen molar-refractivity contribution >= 4 is 17.2 Å². The molecule has 0 bridgehead atoms. The lowest BCUT2D eigenvalue weighted by atomic mass is 9.90. The van der Waals surface area contributed by atoms with E-state index in [-0.39, 0.29) is 5.91 Å². The number of aromatic amines is 1. The van der Waals surface area contributed by atoms with Gasteiger partial charge in [0.1, 0.15) is 0 Å². The number of amides is 1. The maximum absolute atomic E-state index is 12.7. The van der Waals surface area contributed by atoms with Crippen LogP contribution in [-0.2, 0) is 25.8 Å². The number of hydrogen-bond acceptors (Lipinski definition) is 3. The first kappa shape index (κ1) is 13.1. The zero-order valence-corrected chi connectivity index (χ0v) is 13.0. The van der Waals surface area contributed by atoms with Crippen molar-refractivity contribution in [3.8, 4) is 0 Å². The zero-order chi connectivity index (χ0) is 14.4. The van der Waals surface area contributed by atoms with Crippen LogP contribution in [0.1, 0.15) is 44.7 Å². The van der Waals surface area contributed by atoms with Gasteiger partial charge in [0.05, 0.1) is 11.1 Å². The summed E-state index contributed by atoms with van der Waals surface area (Å²) in [6.07, 6.45) is 6.24. The van der Waals surface area contributed by atoms with Crippen molar-refractivity contribution in [1.29, 1.82) is 0 Å². The number of aryl methyl sites for hydroxylation is 1. The number of nitrogens with one attached hydrogen (secondary N) is 1. The summed E-state index contributed by atoms with van der Waals surface area (Å²) in [5.74, 6) is 0.937. The van der Waals surface area contributed by atoms with Crippen molar-refractivity contribution < 1.29 is 4.79 Å². The Balaban J connectivity index is 1.56. The van der Waals surface area contributed by atoms with Crippen molar-refractivity contribution in [2.24, 2.45) is 5.92 Å². The minimum atomic E-state index is 0.189. The van der Waals surface area contributed by atoms with Crippen LogP contribution in [0.5, 0.6) is 0 Å². The normalized spacial score (nSPS) is 21.0. The van der Waals surface area contributed by atoms with Gasteiger partial charge in [-0.05, 0) is 36.8 Å². The number of aromatic nitrogens is 2. The van der Waals surface area contributed by atoms with Crippen molar-refractivity contribution in [2.45, 2.75) is 39.2 Å². The fourth-order valence-corrected chi connectivity index (χ4v) is 4.54. The van der Waals surface area contributed by atoms with Gasteiger partial charge in [0.25, 0.3) is 5.91 Å². The number of H-pyrrole nitrogens is 1. The predicted molar refractivity (Wildman–Crippen MR) is 82.5 cm³/mol. The molecule has 2 aromatic rings. The molecule has 21 heavy (non-hydrogen) atoms. The number of hydrogen-bond donors (Lipinski definition) is 1. The zero-order valence-electron chi connectivity index (χ0n) is 12.2. The molecule has 0 saturated heterocycles. The molecule has 0 radical (unpaired) electrons. The minimum Gasteiger partial charge on any atom is -0.333 e. The minimum absolute atomic E-state index is 0.189. The van der Waals surface area contributed by atoms with E-state index < -0.39 is 0 Å². The topological polar surface area (TPSA) is 49.0 Å². The number of nitrogens with zero attached hydrogens (tertiary/aromatic N) is 2. The van der Waals surface area contributed by atoms with Gasteiger partial charge in [-0.15, -0.1) is 11.3 Å². The molecule has 110 valence electrons. The molecule has 1 aliphatic carbocycles. The largest absolute Gasteiger partial charge is 0.333 e. The van der Waals surface area contributed by atoms with Crippen LogP contribution < -0.4 is 0 Å². The summed E-state index contributed by atoms with van der Waals surface area (Å²) in [4.78, 5) is 17.0. The van der Waals surface area contributed by atoms with E-state index in [1.807, 2.05) is 11.1 Å². The van der Waals surface area contributed by atoms with Crippen LogP contribution in [0.15, 0.2) is 12.3 Å². The smallest absolute Gasteiger partial charge is 0.264 e. The highest BCUT2D eigenvalue weighted by Gasteiger charge is 2.26. The summed E-state index contributed by atoms with van der Waals surface area (Å²) in [6.45, 7) is 3.77. The van der Waals surface area contributed by atoms with E-state index in [4.69, 9.17) is 0 Å². The van der Waals surface area contributed by atoms with Gasteiger partial charge in [-0.2, -0.15) is 5.10 Å². The number of fused-ring (bicyclic) bond motifs is 2. The molecular formula is C16H19N3OS. The van der Waals surface area contributed by atoms with Gasteiger partial charge < -0.3 is 4.90 Å². The second-order valence-corrected chi connectivity index (χ2v) is 7.39. The average molecular weight is 301 g/mol. The molecule has 1 aliphatic heterocycles. The molecule has 1 N–H and O–H groups in total. The van der Waals surface area contributed by atoms with Gasteiger partial charge in [-0.3, -0.25) is 9.89 Å². The molecule has 1 unspecified atom stereocenters. The quantitative estimate of drug-likeness (QED) is 0.880. The van der Waals surface area contributed by atoms with E-state index in [1.54, 1.807) is 11.3 Å². The lowest BCUT2D eigenvalue weighted by Gasteiger charge is -2.26. The molecule has 0 aromatic carbocycles. The van der Waals surface area contributed by atoms with E-state index in [2.05, 4.69) is 23.2 Å². The summed E-state index contributed by atoms with van der Waals surface area (Å²) in [7, 11) is 0. The molecule has 1 atom stereocenters. The van der Waals surface area contributed by atoms with E-state index >= 15 is 0 Å². The molecule has 3 heterocycles. The lowest BCUT2D eigenvalue weighted by molar-refractivity contribution is 0.0739. The Hall–Kier alpha value is -1.62. The van der Waals surface area contributed by atoms with E-state index in [0.717, 1.165) is 42.2 Å². The molecule has 0 fully saturated rings. The van der Waals surface area contributed by atoms with E-state index in [9.17, 15) is 4.79 Å². The molecule has 5 heteroatoms. The standard InChI is InChI=1S/C16H19N3OS/c1-10-2-3-14-11(6-10)7-15(21-14)16(20)19-5-4-13-12(9-19)8-17-18-13/h7-8,10H,2-6,9H2,1H3,(H,17,18). The van der Waals surface area contributed by atoms with Crippen LogP contribution in [0.25, 0.3) is 0 Å². The Labute approximate surface area is 128 Å². The van der Waals surface area contributed by atoms with Crippen molar-refractivity contribution in [1.82, 2.24) is 15.1 Å². The van der Waals surface area contributed by atoms with Gasteiger partial charge in [0.2, 0.25) is 0 Å². The molecule has 4 rings (SSSR count). The SMILES string of the molecule is CC1CCc2sc(C(=O)N3CCc4[nH]ncc4C3)cc2C1. The summed E-state index contributed by atoms with van der Waals surface area (Å²) >= 11 is 1.71. The third-order valence-corrected chi connectivity index (χ3v) is 5.85. The van der Waals surface area contributed by atoms with Crippen LogP contribution in [0.2, 0.25) is 0 Å². The fourth-order valence-electron chi connectivity index (χ4n) is 3.36. The predicted octanol–water partition coefficient (Wildman–Crippen LogP) is 2.79. The Kier molecular flexibility index (Phi) is 3.10. The number of thiophene rings is 1. The molecule has 0 spiro atoms. The van der Waals surface area contributed by atoms with Crippen LogP contribution in [0.4, 0.5) is 0 Å². The van der Waals surface area contributed by atoms with Crippen LogP contribution in [0, 0.1) is 5.92 Å². The van der Waals surface area contributed by atoms with Crippen molar-refractivity contribution in [3.63, 3.8) is 0 Å². The van der Waals surface area contributed by atoms with Gasteiger partial charge in [0.15, 0.2) is 0 Å². The average Bonchev–Trinajstić information content (AvgIpc) is 3.11. The van der Waals surface area contributed by atoms with Gasteiger partial charge in [0, 0.05) is 35.6 Å². The third kappa shape index (κ3) is 2.29. The Morgan fingerprint density at radius 2 is 2.33 bits per heavy atom. The summed E-state index contributed by atoms with van der Waals surface area (Å²) in [6, 6.07) is 2.14. The summed E-state index contributed by atoms with van der Waals surface area (Å²) in [5.41, 5.74) is 3.74. The van der Waals surface area contributed by atoms with Gasteiger partial charge >= 0.3 is 0 Å². The van der Waals surface area contributed by atoms with Crippen molar-refractivity contribution in [3.05, 3.63) is 38.8 Å². The Morgan fingerprint density at radius 3 is 3.24 bits per heavy atom. The molecular weight excluding hydrogens is 282 g/mol. The third-order valence-electron chi connectivity index (χ3n) is 4.63. The van der Waals surface area contributed by atoms with Gasteiger partial charge in [-0.25, -0.2) is 0 Å².